The Labute approximate surface area is 193 Å². The fourth-order valence-corrected chi connectivity index (χ4v) is 5.11. The lowest BCUT2D eigenvalue weighted by Crippen LogP contribution is -2.15. The number of nitrogens with one attached hydrogen (secondary N) is 1. The molecule has 4 rings (SSSR count). The number of thiazole rings is 1. The molecule has 168 valence electrons. The second-order valence-corrected chi connectivity index (χ2v) is 9.22. The first-order valence-corrected chi connectivity index (χ1v) is 12.1. The molecule has 0 aliphatic heterocycles. The monoisotopic (exact) mass is 450 g/mol. The number of aromatic nitrogens is 1. The van der Waals surface area contributed by atoms with E-state index in [1.54, 1.807) is 18.4 Å². The van der Waals surface area contributed by atoms with Gasteiger partial charge in [0, 0.05) is 29.6 Å². The van der Waals surface area contributed by atoms with Crippen LogP contribution in [0, 0.1) is 5.92 Å². The van der Waals surface area contributed by atoms with Crippen LogP contribution in [0.5, 0.6) is 5.75 Å². The summed E-state index contributed by atoms with van der Waals surface area (Å²) < 4.78 is 10.4. The van der Waals surface area contributed by atoms with Gasteiger partial charge in [-0.15, -0.1) is 11.3 Å². The fraction of sp³-hybridized carbons (Fsp3) is 0.385. The van der Waals surface area contributed by atoms with E-state index in [4.69, 9.17) is 14.5 Å². The highest BCUT2D eigenvalue weighted by molar-refractivity contribution is 7.14. The van der Waals surface area contributed by atoms with Gasteiger partial charge < -0.3 is 14.8 Å². The van der Waals surface area contributed by atoms with E-state index in [1.165, 1.54) is 38.2 Å². The normalized spacial score (nSPS) is 18.2. The number of hydrogen-bond acceptors (Lipinski definition) is 6. The predicted octanol–water partition coefficient (Wildman–Crippen LogP) is 6.79. The Morgan fingerprint density at radius 2 is 1.91 bits per heavy atom. The summed E-state index contributed by atoms with van der Waals surface area (Å²) in [6, 6.07) is 16.7. The van der Waals surface area contributed by atoms with E-state index in [0.29, 0.717) is 18.4 Å². The zero-order chi connectivity index (χ0) is 22.3. The van der Waals surface area contributed by atoms with Crippen molar-refractivity contribution in [2.75, 3.05) is 19.0 Å². The molecule has 1 heterocycles. The van der Waals surface area contributed by atoms with Gasteiger partial charge >= 0.3 is 5.97 Å². The van der Waals surface area contributed by atoms with E-state index < -0.39 is 0 Å². The third-order valence-corrected chi connectivity index (χ3v) is 6.94. The summed E-state index contributed by atoms with van der Waals surface area (Å²) in [5, 5.41) is 6.31. The number of anilines is 2. The molecule has 1 saturated carbocycles. The van der Waals surface area contributed by atoms with Crippen LogP contribution in [0.1, 0.15) is 50.5 Å². The topological polar surface area (TPSA) is 60.4 Å². The third kappa shape index (κ3) is 5.88. The van der Waals surface area contributed by atoms with Crippen molar-refractivity contribution in [3.8, 4) is 17.0 Å². The first kappa shape index (κ1) is 22.3. The van der Waals surface area contributed by atoms with E-state index in [0.717, 1.165) is 34.2 Å². The molecule has 1 N–H and O–H groups in total. The molecule has 0 radical (unpaired) electrons. The minimum atomic E-state index is -0.179. The van der Waals surface area contributed by atoms with Gasteiger partial charge in [0.1, 0.15) is 5.75 Å². The summed E-state index contributed by atoms with van der Waals surface area (Å²) in [7, 11) is 1.67. The van der Waals surface area contributed by atoms with Crippen molar-refractivity contribution in [1.29, 1.82) is 0 Å². The van der Waals surface area contributed by atoms with E-state index in [9.17, 15) is 4.79 Å². The molecule has 0 spiro atoms. The first-order valence-electron chi connectivity index (χ1n) is 11.2. The zero-order valence-electron chi connectivity index (χ0n) is 18.7. The summed E-state index contributed by atoms with van der Waals surface area (Å²) in [5.41, 5.74) is 4.50. The van der Waals surface area contributed by atoms with Crippen LogP contribution >= 0.6 is 11.3 Å². The SMILES string of the molecule is COc1cccc(Nc2nc(-c3ccc(C4CCC(CCOC(C)=O)CC4)cc3)cs2)c1. The Kier molecular flexibility index (Phi) is 7.43. The van der Waals surface area contributed by atoms with Gasteiger partial charge in [0.15, 0.2) is 5.13 Å². The first-order chi connectivity index (χ1) is 15.6. The fourth-order valence-electron chi connectivity index (χ4n) is 4.37. The van der Waals surface area contributed by atoms with Crippen molar-refractivity contribution in [2.45, 2.75) is 44.9 Å². The van der Waals surface area contributed by atoms with Crippen LogP contribution in [0.2, 0.25) is 0 Å². The van der Waals surface area contributed by atoms with Crippen molar-refractivity contribution in [3.63, 3.8) is 0 Å². The highest BCUT2D eigenvalue weighted by Crippen LogP contribution is 2.38. The molecule has 32 heavy (non-hydrogen) atoms. The second-order valence-electron chi connectivity index (χ2n) is 8.36. The van der Waals surface area contributed by atoms with Gasteiger partial charge in [-0.1, -0.05) is 30.3 Å². The number of carbonyl (C=O) groups excluding carboxylic acids is 1. The van der Waals surface area contributed by atoms with Crippen LogP contribution in [0.25, 0.3) is 11.3 Å². The molecule has 1 aromatic heterocycles. The van der Waals surface area contributed by atoms with Crippen LogP contribution in [-0.4, -0.2) is 24.7 Å². The quantitative estimate of drug-likeness (QED) is 0.383. The van der Waals surface area contributed by atoms with Gasteiger partial charge in [-0.3, -0.25) is 4.79 Å². The van der Waals surface area contributed by atoms with E-state index >= 15 is 0 Å². The molecule has 2 aromatic carbocycles. The molecule has 6 heteroatoms. The van der Waals surface area contributed by atoms with Crippen molar-refractivity contribution in [1.82, 2.24) is 4.98 Å². The second kappa shape index (κ2) is 10.6. The Morgan fingerprint density at radius 3 is 2.62 bits per heavy atom. The van der Waals surface area contributed by atoms with Crippen LogP contribution in [0.4, 0.5) is 10.8 Å². The molecular weight excluding hydrogens is 420 g/mol. The average molecular weight is 451 g/mol. The number of esters is 1. The van der Waals surface area contributed by atoms with E-state index in [-0.39, 0.29) is 5.97 Å². The minimum absolute atomic E-state index is 0.179. The maximum Gasteiger partial charge on any atom is 0.302 e. The lowest BCUT2D eigenvalue weighted by atomic mass is 9.77. The Balaban J connectivity index is 1.32. The molecule has 0 bridgehead atoms. The predicted molar refractivity (Wildman–Crippen MR) is 130 cm³/mol. The van der Waals surface area contributed by atoms with Crippen LogP contribution < -0.4 is 10.1 Å². The molecule has 3 aromatic rings. The van der Waals surface area contributed by atoms with Crippen LogP contribution in [-0.2, 0) is 9.53 Å². The van der Waals surface area contributed by atoms with E-state index in [2.05, 4.69) is 35.0 Å². The number of ether oxygens (including phenoxy) is 2. The van der Waals surface area contributed by atoms with E-state index in [1.807, 2.05) is 24.3 Å². The average Bonchev–Trinajstić information content (AvgIpc) is 3.28. The minimum Gasteiger partial charge on any atom is -0.497 e. The van der Waals surface area contributed by atoms with Gasteiger partial charge in [0.25, 0.3) is 0 Å². The Bertz CT molecular complexity index is 1020. The molecule has 1 aliphatic rings. The summed E-state index contributed by atoms with van der Waals surface area (Å²) in [4.78, 5) is 15.7. The molecule has 1 aliphatic carbocycles. The van der Waals surface area contributed by atoms with Crippen molar-refractivity contribution >= 4 is 28.1 Å². The molecule has 1 fully saturated rings. The molecular formula is C26H30N2O3S. The lowest BCUT2D eigenvalue weighted by Gasteiger charge is -2.28. The van der Waals surface area contributed by atoms with Crippen molar-refractivity contribution in [2.24, 2.45) is 5.92 Å². The smallest absolute Gasteiger partial charge is 0.302 e. The molecule has 0 atom stereocenters. The van der Waals surface area contributed by atoms with Crippen molar-refractivity contribution < 1.29 is 14.3 Å². The van der Waals surface area contributed by atoms with Gasteiger partial charge in [-0.25, -0.2) is 4.98 Å². The number of methoxy groups -OCH3 is 1. The van der Waals surface area contributed by atoms with Crippen molar-refractivity contribution in [3.05, 3.63) is 59.5 Å². The summed E-state index contributed by atoms with van der Waals surface area (Å²) in [6.45, 7) is 2.03. The highest BCUT2D eigenvalue weighted by Gasteiger charge is 2.22. The Morgan fingerprint density at radius 1 is 1.12 bits per heavy atom. The van der Waals surface area contributed by atoms with Crippen LogP contribution in [0.15, 0.2) is 53.9 Å². The Hall–Kier alpha value is -2.86. The maximum absolute atomic E-state index is 10.9. The zero-order valence-corrected chi connectivity index (χ0v) is 19.5. The standard InChI is InChI=1S/C26H30N2O3S/c1-18(29)31-15-14-19-6-8-20(9-7-19)21-10-12-22(13-11-21)25-17-32-26(28-25)27-23-4-3-5-24(16-23)30-2/h3-5,10-13,16-17,19-20H,6-9,14-15H2,1-2H3,(H,27,28). The largest absolute Gasteiger partial charge is 0.497 e. The van der Waals surface area contributed by atoms with Gasteiger partial charge in [0.2, 0.25) is 0 Å². The van der Waals surface area contributed by atoms with Gasteiger partial charge in [0.05, 0.1) is 19.4 Å². The lowest BCUT2D eigenvalue weighted by molar-refractivity contribution is -0.141. The maximum atomic E-state index is 10.9. The van der Waals surface area contributed by atoms with Gasteiger partial charge in [-0.2, -0.15) is 0 Å². The number of hydrogen-bond donors (Lipinski definition) is 1. The molecule has 0 saturated heterocycles. The molecule has 0 unspecified atom stereocenters. The number of rotatable bonds is 8. The summed E-state index contributed by atoms with van der Waals surface area (Å²) in [6.07, 6.45) is 5.81. The number of nitrogens with zero attached hydrogens (tertiary/aromatic N) is 1. The number of benzene rings is 2. The highest BCUT2D eigenvalue weighted by atomic mass is 32.1. The number of carbonyl (C=O) groups is 1. The third-order valence-electron chi connectivity index (χ3n) is 6.18. The van der Waals surface area contributed by atoms with Gasteiger partial charge in [-0.05, 0) is 61.6 Å². The molecule has 0 amide bonds. The molecule has 5 nitrogen and oxygen atoms in total. The summed E-state index contributed by atoms with van der Waals surface area (Å²) in [5.74, 6) is 1.94. The van der Waals surface area contributed by atoms with Crippen LogP contribution in [0.3, 0.4) is 0 Å². The summed E-state index contributed by atoms with van der Waals surface area (Å²) >= 11 is 1.60.